The van der Waals surface area contributed by atoms with Crippen molar-refractivity contribution in [3.05, 3.63) is 52.1 Å². The molecular weight excluding hydrogens is 238 g/mol. The van der Waals surface area contributed by atoms with Crippen LogP contribution in [0, 0.1) is 11.6 Å². The van der Waals surface area contributed by atoms with Gasteiger partial charge in [0.2, 0.25) is 0 Å². The number of hydrogen-bond donors (Lipinski definition) is 1. The third-order valence-corrected chi connectivity index (χ3v) is 2.65. The van der Waals surface area contributed by atoms with Gasteiger partial charge in [0.25, 0.3) is 5.56 Å². The van der Waals surface area contributed by atoms with Gasteiger partial charge in [0, 0.05) is 17.2 Å². The van der Waals surface area contributed by atoms with Crippen LogP contribution in [-0.4, -0.2) is 9.97 Å². The number of nitrogens with one attached hydrogen (secondary N) is 1. The van der Waals surface area contributed by atoms with Crippen molar-refractivity contribution in [1.29, 1.82) is 0 Å². The summed E-state index contributed by atoms with van der Waals surface area (Å²) in [5.74, 6) is -1.50. The summed E-state index contributed by atoms with van der Waals surface area (Å²) in [6.07, 6.45) is 1.21. The molecule has 0 amide bonds. The largest absolute Gasteiger partial charge is 0.313 e. The molecule has 5 heteroatoms. The van der Waals surface area contributed by atoms with E-state index >= 15 is 0 Å². The minimum atomic E-state index is -0.727. The number of halogens is 2. The zero-order valence-corrected chi connectivity index (χ0v) is 10.00. The number of benzene rings is 1. The first-order valence-corrected chi connectivity index (χ1v) is 5.53. The highest BCUT2D eigenvalue weighted by Gasteiger charge is 2.17. The van der Waals surface area contributed by atoms with E-state index in [4.69, 9.17) is 0 Å². The maximum atomic E-state index is 13.7. The fraction of sp³-hybridized carbons (Fsp3) is 0.231. The first-order chi connectivity index (χ1) is 8.50. The van der Waals surface area contributed by atoms with E-state index in [-0.39, 0.29) is 22.7 Å². The Kier molecular flexibility index (Phi) is 3.23. The van der Waals surface area contributed by atoms with Gasteiger partial charge in [-0.1, -0.05) is 13.8 Å². The van der Waals surface area contributed by atoms with Gasteiger partial charge in [-0.05, 0) is 18.1 Å². The van der Waals surface area contributed by atoms with Crippen LogP contribution in [0.4, 0.5) is 8.78 Å². The van der Waals surface area contributed by atoms with Crippen LogP contribution in [-0.2, 0) is 0 Å². The minimum absolute atomic E-state index is 0.109. The molecular formula is C13H12F2N2O. The standard InChI is InChI=1S/C13H12F2N2O/c1-7(2)11-12(16-6-17-13(11)18)9-4-3-8(14)5-10(9)15/h3-7H,1-2H3,(H,16,17,18). The molecule has 1 aromatic heterocycles. The number of aromatic amines is 1. The monoisotopic (exact) mass is 250 g/mol. The van der Waals surface area contributed by atoms with Crippen molar-refractivity contribution in [1.82, 2.24) is 9.97 Å². The molecule has 0 bridgehead atoms. The van der Waals surface area contributed by atoms with E-state index < -0.39 is 11.6 Å². The molecule has 0 aliphatic carbocycles. The summed E-state index contributed by atoms with van der Waals surface area (Å²) >= 11 is 0. The van der Waals surface area contributed by atoms with Crippen LogP contribution in [0.5, 0.6) is 0 Å². The van der Waals surface area contributed by atoms with Gasteiger partial charge in [-0.2, -0.15) is 0 Å². The SMILES string of the molecule is CC(C)c1c(-c2ccc(F)cc2F)nc[nH]c1=O. The Morgan fingerprint density at radius 1 is 1.28 bits per heavy atom. The van der Waals surface area contributed by atoms with Crippen LogP contribution in [0.2, 0.25) is 0 Å². The Morgan fingerprint density at radius 3 is 2.61 bits per heavy atom. The summed E-state index contributed by atoms with van der Waals surface area (Å²) in [7, 11) is 0. The first kappa shape index (κ1) is 12.4. The molecule has 0 saturated heterocycles. The summed E-state index contributed by atoms with van der Waals surface area (Å²) < 4.78 is 26.6. The van der Waals surface area contributed by atoms with Crippen LogP contribution < -0.4 is 5.56 Å². The first-order valence-electron chi connectivity index (χ1n) is 5.53. The van der Waals surface area contributed by atoms with Gasteiger partial charge in [0.1, 0.15) is 11.6 Å². The lowest BCUT2D eigenvalue weighted by Crippen LogP contribution is -2.16. The number of rotatable bonds is 2. The molecule has 0 saturated carbocycles. The molecule has 18 heavy (non-hydrogen) atoms. The third kappa shape index (κ3) is 2.16. The van der Waals surface area contributed by atoms with Gasteiger partial charge < -0.3 is 4.98 Å². The molecule has 2 aromatic rings. The molecule has 0 unspecified atom stereocenters. The zero-order chi connectivity index (χ0) is 13.3. The predicted molar refractivity (Wildman–Crippen MR) is 64.3 cm³/mol. The summed E-state index contributed by atoms with van der Waals surface area (Å²) in [5.41, 5.74) is 0.471. The van der Waals surface area contributed by atoms with Crippen molar-refractivity contribution in [2.75, 3.05) is 0 Å². The van der Waals surface area contributed by atoms with Crippen molar-refractivity contribution in [3.63, 3.8) is 0 Å². The van der Waals surface area contributed by atoms with Crippen molar-refractivity contribution in [2.24, 2.45) is 0 Å². The average Bonchev–Trinajstić information content (AvgIpc) is 2.28. The minimum Gasteiger partial charge on any atom is -0.313 e. The van der Waals surface area contributed by atoms with E-state index in [0.29, 0.717) is 5.56 Å². The maximum Gasteiger partial charge on any atom is 0.254 e. The molecule has 1 aromatic carbocycles. The zero-order valence-electron chi connectivity index (χ0n) is 10.00. The van der Waals surface area contributed by atoms with Crippen LogP contribution in [0.15, 0.2) is 29.3 Å². The highest BCUT2D eigenvalue weighted by molar-refractivity contribution is 5.63. The van der Waals surface area contributed by atoms with E-state index in [0.717, 1.165) is 12.1 Å². The Hall–Kier alpha value is -2.04. The van der Waals surface area contributed by atoms with Crippen LogP contribution in [0.1, 0.15) is 25.3 Å². The molecule has 0 fully saturated rings. The summed E-state index contributed by atoms with van der Waals surface area (Å²) in [6, 6.07) is 3.21. The van der Waals surface area contributed by atoms with Crippen molar-refractivity contribution >= 4 is 0 Å². The fourth-order valence-corrected chi connectivity index (χ4v) is 1.84. The van der Waals surface area contributed by atoms with Gasteiger partial charge in [0.15, 0.2) is 0 Å². The second-order valence-electron chi connectivity index (χ2n) is 4.27. The molecule has 0 atom stereocenters. The molecule has 0 radical (unpaired) electrons. The number of hydrogen-bond acceptors (Lipinski definition) is 2. The van der Waals surface area contributed by atoms with Crippen molar-refractivity contribution in [3.8, 4) is 11.3 Å². The van der Waals surface area contributed by atoms with Crippen LogP contribution in [0.25, 0.3) is 11.3 Å². The smallest absolute Gasteiger partial charge is 0.254 e. The van der Waals surface area contributed by atoms with Gasteiger partial charge in [-0.25, -0.2) is 13.8 Å². The molecule has 0 aliphatic rings. The lowest BCUT2D eigenvalue weighted by atomic mass is 9.98. The highest BCUT2D eigenvalue weighted by atomic mass is 19.1. The summed E-state index contributed by atoms with van der Waals surface area (Å²) in [6.45, 7) is 3.63. The number of nitrogens with zero attached hydrogens (tertiary/aromatic N) is 1. The maximum absolute atomic E-state index is 13.7. The van der Waals surface area contributed by atoms with Crippen LogP contribution in [0.3, 0.4) is 0 Å². The average molecular weight is 250 g/mol. The molecule has 0 spiro atoms. The molecule has 0 aliphatic heterocycles. The lowest BCUT2D eigenvalue weighted by molar-refractivity contribution is 0.585. The third-order valence-electron chi connectivity index (χ3n) is 2.65. The van der Waals surface area contributed by atoms with Gasteiger partial charge in [-0.3, -0.25) is 4.79 Å². The Morgan fingerprint density at radius 2 is 2.00 bits per heavy atom. The normalized spacial score (nSPS) is 10.9. The number of aromatic nitrogens is 2. The van der Waals surface area contributed by atoms with Crippen molar-refractivity contribution in [2.45, 2.75) is 19.8 Å². The fourth-order valence-electron chi connectivity index (χ4n) is 1.84. The summed E-state index contributed by atoms with van der Waals surface area (Å²) in [4.78, 5) is 18.2. The van der Waals surface area contributed by atoms with E-state index in [1.165, 1.54) is 12.4 Å². The molecule has 1 heterocycles. The van der Waals surface area contributed by atoms with Gasteiger partial charge in [0.05, 0.1) is 12.0 Å². The lowest BCUT2D eigenvalue weighted by Gasteiger charge is -2.10. The highest BCUT2D eigenvalue weighted by Crippen LogP contribution is 2.26. The quantitative estimate of drug-likeness (QED) is 0.890. The van der Waals surface area contributed by atoms with E-state index in [1.807, 2.05) is 13.8 Å². The Bertz CT molecular complexity index is 635. The van der Waals surface area contributed by atoms with E-state index in [1.54, 1.807) is 0 Å². The predicted octanol–water partition coefficient (Wildman–Crippen LogP) is 2.84. The number of H-pyrrole nitrogens is 1. The van der Waals surface area contributed by atoms with Crippen molar-refractivity contribution < 1.29 is 8.78 Å². The second kappa shape index (κ2) is 4.68. The Balaban J connectivity index is 2.71. The molecule has 2 rings (SSSR count). The molecule has 94 valence electrons. The second-order valence-corrected chi connectivity index (χ2v) is 4.27. The molecule has 3 nitrogen and oxygen atoms in total. The molecule has 1 N–H and O–H groups in total. The topological polar surface area (TPSA) is 45.8 Å². The van der Waals surface area contributed by atoms with Gasteiger partial charge in [-0.15, -0.1) is 0 Å². The Labute approximate surface area is 103 Å². The summed E-state index contributed by atoms with van der Waals surface area (Å²) in [5, 5.41) is 0. The van der Waals surface area contributed by atoms with E-state index in [9.17, 15) is 13.6 Å². The van der Waals surface area contributed by atoms with Gasteiger partial charge >= 0.3 is 0 Å². The van der Waals surface area contributed by atoms with E-state index in [2.05, 4.69) is 9.97 Å². The van der Waals surface area contributed by atoms with Crippen LogP contribution >= 0.6 is 0 Å².